The van der Waals surface area contributed by atoms with Crippen molar-refractivity contribution in [3.63, 3.8) is 0 Å². The third-order valence-electron chi connectivity index (χ3n) is 2.43. The summed E-state index contributed by atoms with van der Waals surface area (Å²) in [5.74, 6) is 0. The normalized spacial score (nSPS) is 10.8. The molecule has 0 aliphatic heterocycles. The molecule has 90 valence electrons. The Hall–Kier alpha value is -1.43. The second-order valence-electron chi connectivity index (χ2n) is 3.54. The summed E-state index contributed by atoms with van der Waals surface area (Å²) >= 11 is 5.84. The van der Waals surface area contributed by atoms with Crippen LogP contribution in [-0.2, 0) is 13.1 Å². The molecule has 1 aromatic carbocycles. The summed E-state index contributed by atoms with van der Waals surface area (Å²) in [5, 5.41) is 17.6. The molecule has 1 aromatic heterocycles. The van der Waals surface area contributed by atoms with E-state index in [4.69, 9.17) is 22.4 Å². The van der Waals surface area contributed by atoms with Crippen molar-refractivity contribution in [2.24, 2.45) is 5.73 Å². The SMILES string of the molecule is NCc1nnn(CCO)c1-c1ccc(Cl)cc1. The minimum Gasteiger partial charge on any atom is -0.394 e. The van der Waals surface area contributed by atoms with E-state index in [-0.39, 0.29) is 6.61 Å². The molecule has 17 heavy (non-hydrogen) atoms. The van der Waals surface area contributed by atoms with Crippen LogP contribution in [0.1, 0.15) is 5.69 Å². The van der Waals surface area contributed by atoms with Crippen molar-refractivity contribution in [1.82, 2.24) is 15.0 Å². The van der Waals surface area contributed by atoms with Gasteiger partial charge < -0.3 is 10.8 Å². The third kappa shape index (κ3) is 2.46. The molecule has 5 nitrogen and oxygen atoms in total. The molecule has 0 saturated heterocycles. The number of aromatic nitrogens is 3. The standard InChI is InChI=1S/C11H13ClN4O/c12-9-3-1-8(2-4-9)11-10(7-13)14-15-16(11)5-6-17/h1-4,17H,5-7,13H2. The first-order valence-electron chi connectivity index (χ1n) is 5.25. The molecular formula is C11H13ClN4O. The fourth-order valence-corrected chi connectivity index (χ4v) is 1.79. The van der Waals surface area contributed by atoms with Gasteiger partial charge in [0.2, 0.25) is 0 Å². The Morgan fingerprint density at radius 3 is 2.59 bits per heavy atom. The average molecular weight is 253 g/mol. The second kappa shape index (κ2) is 5.27. The third-order valence-corrected chi connectivity index (χ3v) is 2.68. The molecule has 1 heterocycles. The van der Waals surface area contributed by atoms with E-state index in [1.807, 2.05) is 12.1 Å². The van der Waals surface area contributed by atoms with E-state index in [1.54, 1.807) is 16.8 Å². The van der Waals surface area contributed by atoms with Gasteiger partial charge in [0.25, 0.3) is 0 Å². The van der Waals surface area contributed by atoms with Crippen LogP contribution in [0, 0.1) is 0 Å². The first-order chi connectivity index (χ1) is 8.26. The van der Waals surface area contributed by atoms with E-state index < -0.39 is 0 Å². The summed E-state index contributed by atoms with van der Waals surface area (Å²) in [6, 6.07) is 7.36. The van der Waals surface area contributed by atoms with Crippen molar-refractivity contribution < 1.29 is 5.11 Å². The van der Waals surface area contributed by atoms with Gasteiger partial charge in [0, 0.05) is 17.1 Å². The maximum atomic E-state index is 8.98. The molecule has 2 rings (SSSR count). The van der Waals surface area contributed by atoms with Crippen LogP contribution in [0.25, 0.3) is 11.3 Å². The van der Waals surface area contributed by atoms with Crippen LogP contribution < -0.4 is 5.73 Å². The zero-order valence-corrected chi connectivity index (χ0v) is 9.93. The molecule has 0 spiro atoms. The number of benzene rings is 1. The van der Waals surface area contributed by atoms with E-state index in [0.717, 1.165) is 11.3 Å². The molecule has 0 aliphatic rings. The van der Waals surface area contributed by atoms with Gasteiger partial charge in [0.05, 0.1) is 18.8 Å². The van der Waals surface area contributed by atoms with Crippen LogP contribution in [0.3, 0.4) is 0 Å². The van der Waals surface area contributed by atoms with Crippen molar-refractivity contribution in [1.29, 1.82) is 0 Å². The highest BCUT2D eigenvalue weighted by atomic mass is 35.5. The summed E-state index contributed by atoms with van der Waals surface area (Å²) in [6.07, 6.45) is 0. The maximum Gasteiger partial charge on any atom is 0.104 e. The molecule has 0 radical (unpaired) electrons. The monoisotopic (exact) mass is 252 g/mol. The molecule has 0 saturated carbocycles. The van der Waals surface area contributed by atoms with Gasteiger partial charge >= 0.3 is 0 Å². The highest BCUT2D eigenvalue weighted by molar-refractivity contribution is 6.30. The average Bonchev–Trinajstić information content (AvgIpc) is 2.74. The predicted octanol–water partition coefficient (Wildman–Crippen LogP) is 1.05. The Balaban J connectivity index is 2.47. The lowest BCUT2D eigenvalue weighted by Crippen LogP contribution is -2.07. The van der Waals surface area contributed by atoms with Gasteiger partial charge in [-0.15, -0.1) is 5.10 Å². The summed E-state index contributed by atoms with van der Waals surface area (Å²) in [7, 11) is 0. The Kier molecular flexibility index (Phi) is 3.73. The van der Waals surface area contributed by atoms with Crippen LogP contribution in [0.2, 0.25) is 5.02 Å². The van der Waals surface area contributed by atoms with E-state index >= 15 is 0 Å². The van der Waals surface area contributed by atoms with Gasteiger partial charge in [-0.05, 0) is 12.1 Å². The summed E-state index contributed by atoms with van der Waals surface area (Å²) in [5.41, 5.74) is 8.10. The van der Waals surface area contributed by atoms with Gasteiger partial charge in [-0.3, -0.25) is 0 Å². The molecule has 2 aromatic rings. The molecule has 0 amide bonds. The molecule has 0 unspecified atom stereocenters. The summed E-state index contributed by atoms with van der Waals surface area (Å²) in [4.78, 5) is 0. The van der Waals surface area contributed by atoms with Crippen molar-refractivity contribution in [3.05, 3.63) is 35.0 Å². The minimum atomic E-state index is 0.00790. The Morgan fingerprint density at radius 1 is 1.29 bits per heavy atom. The lowest BCUT2D eigenvalue weighted by molar-refractivity contribution is 0.269. The highest BCUT2D eigenvalue weighted by Gasteiger charge is 2.13. The van der Waals surface area contributed by atoms with Gasteiger partial charge in [-0.2, -0.15) is 0 Å². The Bertz CT molecular complexity index is 495. The van der Waals surface area contributed by atoms with Crippen LogP contribution in [0.5, 0.6) is 0 Å². The van der Waals surface area contributed by atoms with E-state index in [1.165, 1.54) is 0 Å². The van der Waals surface area contributed by atoms with Crippen molar-refractivity contribution in [3.8, 4) is 11.3 Å². The smallest absolute Gasteiger partial charge is 0.104 e. The maximum absolute atomic E-state index is 8.98. The lowest BCUT2D eigenvalue weighted by Gasteiger charge is -2.06. The molecule has 3 N–H and O–H groups in total. The molecule has 0 bridgehead atoms. The molecule has 0 aliphatic carbocycles. The zero-order valence-electron chi connectivity index (χ0n) is 9.17. The first-order valence-corrected chi connectivity index (χ1v) is 5.63. The summed E-state index contributed by atoms with van der Waals surface area (Å²) < 4.78 is 1.64. The van der Waals surface area contributed by atoms with Crippen LogP contribution in [-0.4, -0.2) is 26.7 Å². The Labute approximate surface area is 104 Å². The van der Waals surface area contributed by atoms with Gasteiger partial charge in [-0.25, -0.2) is 4.68 Å². The van der Waals surface area contributed by atoms with Gasteiger partial charge in [-0.1, -0.05) is 28.9 Å². The molecule has 0 atom stereocenters. The van der Waals surface area contributed by atoms with Crippen LogP contribution in [0.15, 0.2) is 24.3 Å². The van der Waals surface area contributed by atoms with Gasteiger partial charge in [0.1, 0.15) is 5.69 Å². The number of rotatable bonds is 4. The van der Waals surface area contributed by atoms with Gasteiger partial charge in [0.15, 0.2) is 0 Å². The van der Waals surface area contributed by atoms with E-state index in [2.05, 4.69) is 10.3 Å². The number of aliphatic hydroxyl groups is 1. The summed E-state index contributed by atoms with van der Waals surface area (Å²) in [6.45, 7) is 0.711. The van der Waals surface area contributed by atoms with Crippen LogP contribution in [0.4, 0.5) is 0 Å². The number of hydrogen-bond donors (Lipinski definition) is 2. The van der Waals surface area contributed by atoms with Crippen molar-refractivity contribution in [2.45, 2.75) is 13.1 Å². The predicted molar refractivity (Wildman–Crippen MR) is 65.4 cm³/mol. The highest BCUT2D eigenvalue weighted by Crippen LogP contribution is 2.23. The number of halogens is 1. The lowest BCUT2D eigenvalue weighted by atomic mass is 10.1. The Morgan fingerprint density at radius 2 is 2.00 bits per heavy atom. The second-order valence-corrected chi connectivity index (χ2v) is 3.98. The largest absolute Gasteiger partial charge is 0.394 e. The fourth-order valence-electron chi connectivity index (χ4n) is 1.66. The van der Waals surface area contributed by atoms with Crippen molar-refractivity contribution >= 4 is 11.6 Å². The molecular weight excluding hydrogens is 240 g/mol. The number of nitrogens with two attached hydrogens (primary N) is 1. The quantitative estimate of drug-likeness (QED) is 0.853. The molecule has 6 heteroatoms. The topological polar surface area (TPSA) is 77.0 Å². The fraction of sp³-hybridized carbons (Fsp3) is 0.273. The molecule has 0 fully saturated rings. The first kappa shape index (κ1) is 12.0. The number of aliphatic hydroxyl groups excluding tert-OH is 1. The number of hydrogen-bond acceptors (Lipinski definition) is 4. The zero-order chi connectivity index (χ0) is 12.3. The van der Waals surface area contributed by atoms with E-state index in [9.17, 15) is 0 Å². The minimum absolute atomic E-state index is 0.00790. The van der Waals surface area contributed by atoms with E-state index in [0.29, 0.717) is 23.8 Å². The van der Waals surface area contributed by atoms with Crippen LogP contribution >= 0.6 is 11.6 Å². The number of nitrogens with zero attached hydrogens (tertiary/aromatic N) is 3. The van der Waals surface area contributed by atoms with Crippen molar-refractivity contribution in [2.75, 3.05) is 6.61 Å².